The molecular weight excluding hydrogens is 154 g/mol. The van der Waals surface area contributed by atoms with E-state index in [0.717, 1.165) is 32.9 Å². The third-order valence-electron chi connectivity index (χ3n) is 2.02. The minimum atomic E-state index is 0.451. The minimum Gasteiger partial charge on any atom is -0.380 e. The number of hydrogen-bond donors (Lipinski definition) is 1. The summed E-state index contributed by atoms with van der Waals surface area (Å²) in [6.07, 6.45) is 2.88. The molecule has 0 saturated carbocycles. The van der Waals surface area contributed by atoms with Crippen LogP contribution in [-0.2, 0) is 9.47 Å². The fraction of sp³-hybridized carbons (Fsp3) is 1.00. The van der Waals surface area contributed by atoms with E-state index < -0.39 is 0 Å². The van der Waals surface area contributed by atoms with Crippen LogP contribution in [0, 0.1) is 0 Å². The Labute approximate surface area is 74.4 Å². The lowest BCUT2D eigenvalue weighted by Gasteiger charge is -2.10. The van der Waals surface area contributed by atoms with Crippen molar-refractivity contribution in [2.45, 2.75) is 25.9 Å². The first-order valence-electron chi connectivity index (χ1n) is 4.83. The Balaban J connectivity index is 1.81. The fourth-order valence-corrected chi connectivity index (χ4v) is 1.36. The molecule has 1 saturated heterocycles. The maximum atomic E-state index is 5.46. The zero-order chi connectivity index (χ0) is 8.65. The predicted molar refractivity (Wildman–Crippen MR) is 48.3 cm³/mol. The van der Waals surface area contributed by atoms with Crippen molar-refractivity contribution in [3.8, 4) is 0 Å². The second-order valence-electron chi connectivity index (χ2n) is 3.04. The molecule has 0 bridgehead atoms. The van der Waals surface area contributed by atoms with E-state index in [9.17, 15) is 0 Å². The largest absolute Gasteiger partial charge is 0.380 e. The van der Waals surface area contributed by atoms with Gasteiger partial charge in [-0.05, 0) is 19.8 Å². The summed E-state index contributed by atoms with van der Waals surface area (Å²) in [7, 11) is 0. The molecule has 3 heteroatoms. The summed E-state index contributed by atoms with van der Waals surface area (Å²) < 4.78 is 10.7. The summed E-state index contributed by atoms with van der Waals surface area (Å²) in [5.41, 5.74) is 0. The van der Waals surface area contributed by atoms with Gasteiger partial charge in [0, 0.05) is 26.3 Å². The van der Waals surface area contributed by atoms with E-state index in [1.165, 1.54) is 12.8 Å². The highest BCUT2D eigenvalue weighted by Gasteiger charge is 2.13. The fourth-order valence-electron chi connectivity index (χ4n) is 1.36. The Kier molecular flexibility index (Phi) is 5.32. The first-order chi connectivity index (χ1) is 5.93. The average Bonchev–Trinajstić information content (AvgIpc) is 2.57. The van der Waals surface area contributed by atoms with Crippen LogP contribution in [0.1, 0.15) is 19.8 Å². The van der Waals surface area contributed by atoms with E-state index in [4.69, 9.17) is 9.47 Å². The van der Waals surface area contributed by atoms with Crippen molar-refractivity contribution in [2.75, 3.05) is 32.9 Å². The van der Waals surface area contributed by atoms with Crippen LogP contribution < -0.4 is 5.32 Å². The van der Waals surface area contributed by atoms with E-state index in [1.807, 2.05) is 6.92 Å². The van der Waals surface area contributed by atoms with Crippen LogP contribution in [0.5, 0.6) is 0 Å². The molecule has 72 valence electrons. The van der Waals surface area contributed by atoms with Gasteiger partial charge in [-0.25, -0.2) is 0 Å². The molecule has 0 aliphatic carbocycles. The highest BCUT2D eigenvalue weighted by Crippen LogP contribution is 2.10. The van der Waals surface area contributed by atoms with Gasteiger partial charge in [0.2, 0.25) is 0 Å². The summed E-state index contributed by atoms with van der Waals surface area (Å²) in [4.78, 5) is 0. The first-order valence-corrected chi connectivity index (χ1v) is 4.83. The molecule has 0 amide bonds. The summed E-state index contributed by atoms with van der Waals surface area (Å²) in [5.74, 6) is 0. The van der Waals surface area contributed by atoms with Crippen LogP contribution in [0.3, 0.4) is 0 Å². The molecule has 1 unspecified atom stereocenters. The van der Waals surface area contributed by atoms with E-state index in [-0.39, 0.29) is 0 Å². The van der Waals surface area contributed by atoms with Gasteiger partial charge >= 0.3 is 0 Å². The van der Waals surface area contributed by atoms with Crippen LogP contribution in [0.25, 0.3) is 0 Å². The van der Waals surface area contributed by atoms with Crippen LogP contribution in [0.4, 0.5) is 0 Å². The van der Waals surface area contributed by atoms with Gasteiger partial charge in [-0.1, -0.05) is 0 Å². The lowest BCUT2D eigenvalue weighted by Crippen LogP contribution is -2.29. The predicted octanol–water partition coefficient (Wildman–Crippen LogP) is 0.791. The maximum Gasteiger partial charge on any atom is 0.0700 e. The van der Waals surface area contributed by atoms with E-state index >= 15 is 0 Å². The monoisotopic (exact) mass is 173 g/mol. The van der Waals surface area contributed by atoms with Gasteiger partial charge in [0.05, 0.1) is 12.7 Å². The molecule has 0 radical (unpaired) electrons. The van der Waals surface area contributed by atoms with E-state index in [1.54, 1.807) is 0 Å². The van der Waals surface area contributed by atoms with Crippen molar-refractivity contribution in [1.29, 1.82) is 0 Å². The third kappa shape index (κ3) is 4.04. The zero-order valence-electron chi connectivity index (χ0n) is 7.84. The molecule has 0 spiro atoms. The van der Waals surface area contributed by atoms with Gasteiger partial charge in [-0.3, -0.25) is 0 Å². The van der Waals surface area contributed by atoms with Crippen molar-refractivity contribution >= 4 is 0 Å². The Morgan fingerprint density at radius 2 is 2.50 bits per heavy atom. The van der Waals surface area contributed by atoms with Gasteiger partial charge < -0.3 is 14.8 Å². The second-order valence-corrected chi connectivity index (χ2v) is 3.04. The van der Waals surface area contributed by atoms with Gasteiger partial charge in [-0.15, -0.1) is 0 Å². The Bertz CT molecular complexity index is 103. The van der Waals surface area contributed by atoms with Crippen molar-refractivity contribution in [3.63, 3.8) is 0 Å². The summed E-state index contributed by atoms with van der Waals surface area (Å²) >= 11 is 0. The standard InChI is InChI=1S/C9H19NO2/c1-2-11-7-5-10-8-9-4-3-6-12-9/h9-10H,2-8H2,1H3. The molecule has 1 aliphatic heterocycles. The highest BCUT2D eigenvalue weighted by molar-refractivity contribution is 4.66. The van der Waals surface area contributed by atoms with Gasteiger partial charge in [0.15, 0.2) is 0 Å². The van der Waals surface area contributed by atoms with Gasteiger partial charge in [0.25, 0.3) is 0 Å². The van der Waals surface area contributed by atoms with Gasteiger partial charge in [-0.2, -0.15) is 0 Å². The summed E-state index contributed by atoms with van der Waals surface area (Å²) in [6, 6.07) is 0. The number of rotatable bonds is 6. The SMILES string of the molecule is CCOCCNCC1CCCO1. The summed E-state index contributed by atoms with van der Waals surface area (Å²) in [6.45, 7) is 6.49. The van der Waals surface area contributed by atoms with Crippen molar-refractivity contribution in [2.24, 2.45) is 0 Å². The number of nitrogens with one attached hydrogen (secondary N) is 1. The minimum absolute atomic E-state index is 0.451. The number of ether oxygens (including phenoxy) is 2. The van der Waals surface area contributed by atoms with Crippen LogP contribution in [0.15, 0.2) is 0 Å². The Hall–Kier alpha value is -0.120. The van der Waals surface area contributed by atoms with Crippen molar-refractivity contribution < 1.29 is 9.47 Å². The smallest absolute Gasteiger partial charge is 0.0700 e. The van der Waals surface area contributed by atoms with Crippen molar-refractivity contribution in [1.82, 2.24) is 5.32 Å². The molecule has 3 nitrogen and oxygen atoms in total. The van der Waals surface area contributed by atoms with Crippen molar-refractivity contribution in [3.05, 3.63) is 0 Å². The molecule has 1 atom stereocenters. The topological polar surface area (TPSA) is 30.5 Å². The molecule has 1 fully saturated rings. The van der Waals surface area contributed by atoms with Crippen LogP contribution >= 0.6 is 0 Å². The molecule has 1 N–H and O–H groups in total. The quantitative estimate of drug-likeness (QED) is 0.602. The lowest BCUT2D eigenvalue weighted by molar-refractivity contribution is 0.104. The van der Waals surface area contributed by atoms with Crippen LogP contribution in [-0.4, -0.2) is 39.0 Å². The Morgan fingerprint density at radius 3 is 3.17 bits per heavy atom. The summed E-state index contributed by atoms with van der Waals surface area (Å²) in [5, 5.41) is 3.31. The first kappa shape index (κ1) is 9.96. The molecule has 0 aromatic rings. The van der Waals surface area contributed by atoms with E-state index in [2.05, 4.69) is 5.32 Å². The van der Waals surface area contributed by atoms with Crippen LogP contribution in [0.2, 0.25) is 0 Å². The highest BCUT2D eigenvalue weighted by atomic mass is 16.5. The number of hydrogen-bond acceptors (Lipinski definition) is 3. The molecule has 1 aliphatic rings. The molecular formula is C9H19NO2. The molecule has 1 heterocycles. The maximum absolute atomic E-state index is 5.46. The average molecular weight is 173 g/mol. The zero-order valence-corrected chi connectivity index (χ0v) is 7.84. The third-order valence-corrected chi connectivity index (χ3v) is 2.02. The molecule has 1 rings (SSSR count). The molecule has 12 heavy (non-hydrogen) atoms. The molecule has 0 aromatic carbocycles. The lowest BCUT2D eigenvalue weighted by atomic mass is 10.2. The molecule has 0 aromatic heterocycles. The normalized spacial score (nSPS) is 23.2. The second kappa shape index (κ2) is 6.40. The Morgan fingerprint density at radius 1 is 1.58 bits per heavy atom. The van der Waals surface area contributed by atoms with Gasteiger partial charge in [0.1, 0.15) is 0 Å². The van der Waals surface area contributed by atoms with E-state index in [0.29, 0.717) is 6.10 Å².